The van der Waals surface area contributed by atoms with Crippen molar-refractivity contribution in [2.75, 3.05) is 6.61 Å². The van der Waals surface area contributed by atoms with Crippen LogP contribution in [0.5, 0.6) is 0 Å². The molecule has 0 aromatic heterocycles. The summed E-state index contributed by atoms with van der Waals surface area (Å²) < 4.78 is 8.58. The molecule has 0 aliphatic carbocycles. The molecule has 0 rings (SSSR count). The molecule has 5 nitrogen and oxygen atoms in total. The summed E-state index contributed by atoms with van der Waals surface area (Å²) in [4.78, 5) is 20.6. The van der Waals surface area contributed by atoms with Crippen molar-refractivity contribution in [1.29, 1.82) is 0 Å². The van der Waals surface area contributed by atoms with Gasteiger partial charge >= 0.3 is 12.1 Å². The van der Waals surface area contributed by atoms with Crippen LogP contribution in [-0.4, -0.2) is 29.9 Å². The van der Waals surface area contributed by atoms with E-state index >= 15 is 0 Å². The first-order valence-corrected chi connectivity index (χ1v) is 3.14. The summed E-state index contributed by atoms with van der Waals surface area (Å²) in [5.74, 6) is -0.671. The largest absolute Gasteiger partial charge is 0.506 e. The van der Waals surface area contributed by atoms with Crippen molar-refractivity contribution < 1.29 is 24.2 Å². The smallest absolute Gasteiger partial charge is 0.463 e. The molecule has 1 N–H and O–H groups in total. The molecule has 0 radical (unpaired) electrons. The Morgan fingerprint density at radius 3 is 2.45 bits per heavy atom. The second-order valence-electron chi connectivity index (χ2n) is 1.78. The Morgan fingerprint density at radius 1 is 1.55 bits per heavy atom. The highest BCUT2D eigenvalue weighted by Crippen LogP contribution is 1.94. The minimum absolute atomic E-state index is 0.214. The third-order valence-corrected chi connectivity index (χ3v) is 0.896. The molecular formula is C6H10O5. The van der Waals surface area contributed by atoms with Crippen LogP contribution in [0.2, 0.25) is 0 Å². The van der Waals surface area contributed by atoms with Crippen LogP contribution in [0.3, 0.4) is 0 Å². The van der Waals surface area contributed by atoms with Crippen molar-refractivity contribution in [3.63, 3.8) is 0 Å². The van der Waals surface area contributed by atoms with E-state index in [0.29, 0.717) is 0 Å². The van der Waals surface area contributed by atoms with Gasteiger partial charge < -0.3 is 14.6 Å². The van der Waals surface area contributed by atoms with E-state index in [1.54, 1.807) is 6.92 Å². The van der Waals surface area contributed by atoms with E-state index in [-0.39, 0.29) is 6.61 Å². The van der Waals surface area contributed by atoms with Crippen molar-refractivity contribution >= 4 is 12.1 Å². The average Bonchev–Trinajstić information content (AvgIpc) is 1.86. The van der Waals surface area contributed by atoms with Crippen molar-refractivity contribution in [2.24, 2.45) is 0 Å². The maximum atomic E-state index is 10.7. The van der Waals surface area contributed by atoms with E-state index < -0.39 is 18.2 Å². The second-order valence-corrected chi connectivity index (χ2v) is 1.78. The molecule has 5 heteroatoms. The van der Waals surface area contributed by atoms with Crippen molar-refractivity contribution in [1.82, 2.24) is 0 Å². The molecule has 1 unspecified atom stereocenters. The van der Waals surface area contributed by atoms with E-state index in [4.69, 9.17) is 5.11 Å². The first kappa shape index (κ1) is 9.74. The van der Waals surface area contributed by atoms with Crippen LogP contribution in [0.4, 0.5) is 4.79 Å². The maximum absolute atomic E-state index is 10.7. The lowest BCUT2D eigenvalue weighted by Gasteiger charge is -2.08. The predicted octanol–water partition coefficient (Wildman–Crippen LogP) is 0.633. The van der Waals surface area contributed by atoms with Crippen LogP contribution >= 0.6 is 0 Å². The number of hydrogen-bond donors (Lipinski definition) is 1. The van der Waals surface area contributed by atoms with E-state index in [0.717, 1.165) is 0 Å². The third kappa shape index (κ3) is 4.19. The lowest BCUT2D eigenvalue weighted by Crippen LogP contribution is -2.25. The molecule has 0 aromatic carbocycles. The third-order valence-electron chi connectivity index (χ3n) is 0.896. The highest BCUT2D eigenvalue weighted by Gasteiger charge is 2.17. The Bertz CT molecular complexity index is 153. The van der Waals surface area contributed by atoms with Gasteiger partial charge in [0.1, 0.15) is 0 Å². The monoisotopic (exact) mass is 162 g/mol. The Morgan fingerprint density at radius 2 is 2.09 bits per heavy atom. The number of rotatable bonds is 3. The van der Waals surface area contributed by atoms with E-state index in [9.17, 15) is 9.59 Å². The molecule has 0 spiro atoms. The SMILES string of the molecule is CCOC(=O)C(C)OC(=O)O. The van der Waals surface area contributed by atoms with Crippen LogP contribution in [0.1, 0.15) is 13.8 Å². The molecule has 0 saturated heterocycles. The number of ether oxygens (including phenoxy) is 2. The van der Waals surface area contributed by atoms with Gasteiger partial charge in [-0.05, 0) is 13.8 Å². The van der Waals surface area contributed by atoms with Crippen LogP contribution in [0.15, 0.2) is 0 Å². The van der Waals surface area contributed by atoms with Gasteiger partial charge in [-0.3, -0.25) is 0 Å². The second kappa shape index (κ2) is 4.54. The zero-order valence-corrected chi connectivity index (χ0v) is 6.36. The first-order valence-electron chi connectivity index (χ1n) is 3.14. The van der Waals surface area contributed by atoms with Gasteiger partial charge in [-0.2, -0.15) is 0 Å². The molecule has 1 atom stereocenters. The van der Waals surface area contributed by atoms with Gasteiger partial charge in [-0.25, -0.2) is 9.59 Å². The van der Waals surface area contributed by atoms with Crippen LogP contribution in [-0.2, 0) is 14.3 Å². The highest BCUT2D eigenvalue weighted by atomic mass is 16.7. The zero-order valence-electron chi connectivity index (χ0n) is 6.36. The molecule has 0 amide bonds. The molecule has 0 bridgehead atoms. The molecule has 11 heavy (non-hydrogen) atoms. The van der Waals surface area contributed by atoms with E-state index in [1.165, 1.54) is 6.92 Å². The van der Waals surface area contributed by atoms with Gasteiger partial charge in [0, 0.05) is 0 Å². The van der Waals surface area contributed by atoms with Crippen LogP contribution in [0.25, 0.3) is 0 Å². The Kier molecular flexibility index (Phi) is 4.02. The summed E-state index contributed by atoms with van der Waals surface area (Å²) in [6.07, 6.45) is -2.53. The normalized spacial score (nSPS) is 11.8. The van der Waals surface area contributed by atoms with Crippen LogP contribution in [0, 0.1) is 0 Å². The maximum Gasteiger partial charge on any atom is 0.506 e. The van der Waals surface area contributed by atoms with Gasteiger partial charge in [-0.15, -0.1) is 0 Å². The number of esters is 1. The Hall–Kier alpha value is -1.26. The zero-order chi connectivity index (χ0) is 8.85. The molecule has 0 aliphatic rings. The summed E-state index contributed by atoms with van der Waals surface area (Å²) in [6.45, 7) is 3.16. The van der Waals surface area contributed by atoms with Gasteiger partial charge in [0.2, 0.25) is 0 Å². The predicted molar refractivity (Wildman–Crippen MR) is 35.2 cm³/mol. The lowest BCUT2D eigenvalue weighted by atomic mass is 10.4. The molecule has 0 fully saturated rings. The minimum Gasteiger partial charge on any atom is -0.463 e. The first-order chi connectivity index (χ1) is 5.07. The van der Waals surface area contributed by atoms with Crippen LogP contribution < -0.4 is 0 Å². The van der Waals surface area contributed by atoms with E-state index in [1.807, 2.05) is 0 Å². The van der Waals surface area contributed by atoms with Gasteiger partial charge in [-0.1, -0.05) is 0 Å². The topological polar surface area (TPSA) is 72.8 Å². The minimum atomic E-state index is -1.48. The lowest BCUT2D eigenvalue weighted by molar-refractivity contribution is -0.153. The molecule has 0 aromatic rings. The number of carbonyl (C=O) groups is 2. The quantitative estimate of drug-likeness (QED) is 0.616. The van der Waals surface area contributed by atoms with Crippen molar-refractivity contribution in [3.8, 4) is 0 Å². The average molecular weight is 162 g/mol. The van der Waals surface area contributed by atoms with Crippen molar-refractivity contribution in [3.05, 3.63) is 0 Å². The fourth-order valence-corrected chi connectivity index (χ4v) is 0.459. The number of carboxylic acid groups (broad SMARTS) is 1. The summed E-state index contributed by atoms with van der Waals surface area (Å²) in [5, 5.41) is 8.07. The summed E-state index contributed by atoms with van der Waals surface area (Å²) in [7, 11) is 0. The highest BCUT2D eigenvalue weighted by molar-refractivity contribution is 5.76. The fourth-order valence-electron chi connectivity index (χ4n) is 0.459. The standard InChI is InChI=1S/C6H10O5/c1-3-10-5(7)4(2)11-6(8)9/h4H,3H2,1-2H3,(H,8,9). The van der Waals surface area contributed by atoms with Gasteiger partial charge in [0.25, 0.3) is 0 Å². The van der Waals surface area contributed by atoms with E-state index in [2.05, 4.69) is 9.47 Å². The summed E-state index contributed by atoms with van der Waals surface area (Å²) >= 11 is 0. The summed E-state index contributed by atoms with van der Waals surface area (Å²) in [6, 6.07) is 0. The Balaban J connectivity index is 3.73. The van der Waals surface area contributed by atoms with Gasteiger partial charge in [0.05, 0.1) is 6.61 Å². The number of hydrogen-bond acceptors (Lipinski definition) is 4. The molecular weight excluding hydrogens is 152 g/mol. The molecule has 0 heterocycles. The van der Waals surface area contributed by atoms with Crippen molar-refractivity contribution in [2.45, 2.75) is 20.0 Å². The van der Waals surface area contributed by atoms with Gasteiger partial charge in [0.15, 0.2) is 6.10 Å². The molecule has 64 valence electrons. The number of carbonyl (C=O) groups excluding carboxylic acids is 1. The molecule has 0 aliphatic heterocycles. The fraction of sp³-hybridized carbons (Fsp3) is 0.667. The Labute approximate surface area is 63.9 Å². The molecule has 0 saturated carbocycles. The summed E-state index contributed by atoms with van der Waals surface area (Å²) in [5.41, 5.74) is 0.